The Morgan fingerprint density at radius 3 is 2.84 bits per heavy atom. The van der Waals surface area contributed by atoms with Crippen molar-refractivity contribution in [3.63, 3.8) is 0 Å². The van der Waals surface area contributed by atoms with Crippen molar-refractivity contribution in [1.29, 1.82) is 0 Å². The Labute approximate surface area is 120 Å². The largest absolute Gasteiger partial charge is 0.494 e. The first-order valence-corrected chi connectivity index (χ1v) is 8.10. The van der Waals surface area contributed by atoms with Gasteiger partial charge in [0.1, 0.15) is 5.75 Å². The monoisotopic (exact) mass is 320 g/mol. The molecule has 0 aliphatic heterocycles. The fourth-order valence-electron chi connectivity index (χ4n) is 1.61. The summed E-state index contributed by atoms with van der Waals surface area (Å²) in [5.74, 6) is 0.349. The molecule has 104 valence electrons. The predicted molar refractivity (Wildman–Crippen MR) is 75.3 cm³/mol. The summed E-state index contributed by atoms with van der Waals surface area (Å²) < 4.78 is 33.8. The van der Waals surface area contributed by atoms with E-state index in [1.54, 1.807) is 35.3 Å². The highest BCUT2D eigenvalue weighted by atomic mass is 35.5. The zero-order chi connectivity index (χ0) is 14.0. The molecule has 0 bridgehead atoms. The first kappa shape index (κ1) is 14.4. The number of rotatable bonds is 5. The molecule has 1 N–H and O–H groups in total. The maximum absolute atomic E-state index is 12.1. The topological polar surface area (TPSA) is 60.3 Å². The minimum Gasteiger partial charge on any atom is -0.494 e. The first-order valence-electron chi connectivity index (χ1n) is 5.36. The second-order valence-corrected chi connectivity index (χ2v) is 7.18. The van der Waals surface area contributed by atoms with E-state index in [9.17, 15) is 8.42 Å². The number of hydrogen-bond donors (Lipinski definition) is 1. The molecule has 0 atom stereocenters. The summed E-state index contributed by atoms with van der Waals surface area (Å²) in [7, 11) is -0.329. The van der Waals surface area contributed by atoms with Crippen LogP contribution in [0.3, 0.4) is 0 Å². The van der Waals surface area contributed by atoms with Crippen molar-refractivity contribution in [2.45, 2.75) is 10.8 Å². The molecule has 2 heterocycles. The van der Waals surface area contributed by atoms with Crippen LogP contribution in [0.2, 0.25) is 5.02 Å². The molecular weight excluding hydrogens is 308 g/mol. The summed E-state index contributed by atoms with van der Waals surface area (Å²) in [6.07, 6.45) is 1.72. The van der Waals surface area contributed by atoms with Gasteiger partial charge >= 0.3 is 0 Å². The Balaban J connectivity index is 2.17. The Kier molecular flexibility index (Phi) is 4.19. The van der Waals surface area contributed by atoms with Crippen molar-refractivity contribution in [2.24, 2.45) is 7.05 Å². The Bertz CT molecular complexity index is 676. The highest BCUT2D eigenvalue weighted by Gasteiger charge is 2.21. The van der Waals surface area contributed by atoms with E-state index >= 15 is 0 Å². The summed E-state index contributed by atoms with van der Waals surface area (Å²) in [4.78, 5) is 0. The Hall–Kier alpha value is -1.02. The number of nitrogens with one attached hydrogen (secondary N) is 1. The molecule has 19 heavy (non-hydrogen) atoms. The molecule has 2 rings (SSSR count). The van der Waals surface area contributed by atoms with Crippen LogP contribution in [-0.4, -0.2) is 20.1 Å². The number of methoxy groups -OCH3 is 1. The lowest BCUT2D eigenvalue weighted by atomic mass is 10.4. The summed E-state index contributed by atoms with van der Waals surface area (Å²) in [5, 5.41) is 2.25. The van der Waals surface area contributed by atoms with Gasteiger partial charge in [-0.3, -0.25) is 0 Å². The fourth-order valence-corrected chi connectivity index (χ4v) is 4.20. The van der Waals surface area contributed by atoms with E-state index in [-0.39, 0.29) is 10.8 Å². The van der Waals surface area contributed by atoms with Crippen LogP contribution in [0.25, 0.3) is 0 Å². The Morgan fingerprint density at radius 2 is 2.26 bits per heavy atom. The molecule has 0 aromatic carbocycles. The van der Waals surface area contributed by atoms with Gasteiger partial charge in [0.15, 0.2) is 4.21 Å². The molecule has 0 aliphatic rings. The summed E-state index contributed by atoms with van der Waals surface area (Å²) in [5.41, 5.74) is 0.782. The summed E-state index contributed by atoms with van der Waals surface area (Å²) in [6, 6.07) is 3.34. The number of sulfonamides is 1. The van der Waals surface area contributed by atoms with Crippen LogP contribution in [0.1, 0.15) is 5.69 Å². The van der Waals surface area contributed by atoms with Crippen LogP contribution < -0.4 is 9.46 Å². The van der Waals surface area contributed by atoms with Gasteiger partial charge in [-0.15, -0.1) is 11.3 Å². The maximum Gasteiger partial charge on any atom is 0.254 e. The smallest absolute Gasteiger partial charge is 0.254 e. The van der Waals surface area contributed by atoms with Crippen molar-refractivity contribution in [2.75, 3.05) is 7.11 Å². The van der Waals surface area contributed by atoms with Gasteiger partial charge in [0.2, 0.25) is 0 Å². The van der Waals surface area contributed by atoms with Crippen molar-refractivity contribution >= 4 is 33.0 Å². The minimum atomic E-state index is -3.58. The highest BCUT2D eigenvalue weighted by Crippen LogP contribution is 2.29. The fraction of sp³-hybridized carbons (Fsp3) is 0.273. The molecular formula is C11H13ClN2O3S2. The van der Waals surface area contributed by atoms with Crippen LogP contribution in [0.5, 0.6) is 5.75 Å². The van der Waals surface area contributed by atoms with E-state index in [1.807, 2.05) is 0 Å². The second-order valence-electron chi connectivity index (χ2n) is 3.86. The molecule has 0 amide bonds. The molecule has 0 saturated carbocycles. The molecule has 2 aromatic rings. The molecule has 2 aromatic heterocycles. The molecule has 0 saturated heterocycles. The normalized spacial score (nSPS) is 11.7. The van der Waals surface area contributed by atoms with Gasteiger partial charge in [-0.25, -0.2) is 13.1 Å². The minimum absolute atomic E-state index is 0.173. The van der Waals surface area contributed by atoms with Gasteiger partial charge in [0.25, 0.3) is 10.0 Å². The van der Waals surface area contributed by atoms with Gasteiger partial charge in [0, 0.05) is 18.9 Å². The van der Waals surface area contributed by atoms with E-state index in [4.69, 9.17) is 16.3 Å². The average Bonchev–Trinajstić information content (AvgIpc) is 2.93. The van der Waals surface area contributed by atoms with E-state index in [0.29, 0.717) is 10.8 Å². The lowest BCUT2D eigenvalue weighted by Crippen LogP contribution is -2.23. The van der Waals surface area contributed by atoms with Gasteiger partial charge in [0.05, 0.1) is 18.7 Å². The van der Waals surface area contributed by atoms with Crippen molar-refractivity contribution in [1.82, 2.24) is 9.29 Å². The molecule has 0 radical (unpaired) electrons. The number of hydrogen-bond acceptors (Lipinski definition) is 4. The molecule has 5 nitrogen and oxygen atoms in total. The summed E-state index contributed by atoms with van der Waals surface area (Å²) >= 11 is 6.96. The molecule has 0 spiro atoms. The van der Waals surface area contributed by atoms with Gasteiger partial charge < -0.3 is 9.30 Å². The zero-order valence-electron chi connectivity index (χ0n) is 10.4. The SMILES string of the molecule is COc1ccsc1S(=O)(=O)NCc1cc(Cl)cn1C. The van der Waals surface area contributed by atoms with Crippen LogP contribution in [0.15, 0.2) is 27.9 Å². The van der Waals surface area contributed by atoms with E-state index in [2.05, 4.69) is 4.72 Å². The van der Waals surface area contributed by atoms with Crippen molar-refractivity contribution in [3.8, 4) is 5.75 Å². The van der Waals surface area contributed by atoms with Gasteiger partial charge in [-0.2, -0.15) is 0 Å². The average molecular weight is 321 g/mol. The standard InChI is InChI=1S/C11H13ClN2O3S2/c1-14-7-8(12)5-9(14)6-13-19(15,16)11-10(17-2)3-4-18-11/h3-5,7,13H,6H2,1-2H3. The van der Waals surface area contributed by atoms with E-state index in [1.165, 1.54) is 7.11 Å². The third kappa shape index (κ3) is 3.11. The van der Waals surface area contributed by atoms with Crippen molar-refractivity contribution in [3.05, 3.63) is 34.4 Å². The number of ether oxygens (including phenoxy) is 1. The van der Waals surface area contributed by atoms with Crippen molar-refractivity contribution < 1.29 is 13.2 Å². The molecule has 0 fully saturated rings. The first-order chi connectivity index (χ1) is 8.94. The van der Waals surface area contributed by atoms with Crippen LogP contribution in [0.4, 0.5) is 0 Å². The third-order valence-corrected chi connectivity index (χ3v) is 5.63. The lowest BCUT2D eigenvalue weighted by molar-refractivity contribution is 0.406. The lowest BCUT2D eigenvalue weighted by Gasteiger charge is -2.07. The quantitative estimate of drug-likeness (QED) is 0.919. The number of nitrogens with zero attached hydrogens (tertiary/aromatic N) is 1. The number of aromatic nitrogens is 1. The van der Waals surface area contributed by atoms with E-state index in [0.717, 1.165) is 17.0 Å². The molecule has 0 unspecified atom stereocenters. The maximum atomic E-state index is 12.1. The molecule has 8 heteroatoms. The van der Waals surface area contributed by atoms with Crippen LogP contribution in [0, 0.1) is 0 Å². The second kappa shape index (κ2) is 5.54. The zero-order valence-corrected chi connectivity index (χ0v) is 12.8. The summed E-state index contributed by atoms with van der Waals surface area (Å²) in [6.45, 7) is 0.173. The highest BCUT2D eigenvalue weighted by molar-refractivity contribution is 7.91. The molecule has 0 aliphatic carbocycles. The number of thiophene rings is 1. The third-order valence-electron chi connectivity index (χ3n) is 2.58. The van der Waals surface area contributed by atoms with Gasteiger partial charge in [-0.1, -0.05) is 11.6 Å². The number of aryl methyl sites for hydroxylation is 1. The van der Waals surface area contributed by atoms with E-state index < -0.39 is 10.0 Å². The number of halogens is 1. The van der Waals surface area contributed by atoms with Gasteiger partial charge in [-0.05, 0) is 17.5 Å². The van der Waals surface area contributed by atoms with Crippen LogP contribution in [-0.2, 0) is 23.6 Å². The predicted octanol–water partition coefficient (Wildman–Crippen LogP) is 2.23. The van der Waals surface area contributed by atoms with Crippen LogP contribution >= 0.6 is 22.9 Å². The Morgan fingerprint density at radius 1 is 1.53 bits per heavy atom.